The predicted octanol–water partition coefficient (Wildman–Crippen LogP) is 2.17. The van der Waals surface area contributed by atoms with E-state index in [-0.39, 0.29) is 5.78 Å². The van der Waals surface area contributed by atoms with Crippen LogP contribution < -0.4 is 0 Å². The van der Waals surface area contributed by atoms with Crippen molar-refractivity contribution in [3.63, 3.8) is 0 Å². The topological polar surface area (TPSA) is 52.7 Å². The number of rotatable bonds is 4. The standard InChI is InChI=1S/C14H18N4O/c1-10(2)14-11(8-18(4)16-14)5-6-13(19)12-7-15-17(3)9-12/h5-10H,1-4H3/b6-5-. The minimum absolute atomic E-state index is 0.0494. The Morgan fingerprint density at radius 2 is 2.00 bits per heavy atom. The highest BCUT2D eigenvalue weighted by Gasteiger charge is 2.10. The van der Waals surface area contributed by atoms with Crippen LogP contribution in [0, 0.1) is 0 Å². The zero-order chi connectivity index (χ0) is 14.0. The second kappa shape index (κ2) is 5.22. The van der Waals surface area contributed by atoms with Crippen molar-refractivity contribution in [3.05, 3.63) is 41.5 Å². The third kappa shape index (κ3) is 2.99. The molecule has 0 N–H and O–H groups in total. The van der Waals surface area contributed by atoms with E-state index in [0.717, 1.165) is 11.3 Å². The van der Waals surface area contributed by atoms with Crippen LogP contribution in [0.4, 0.5) is 0 Å². The van der Waals surface area contributed by atoms with Crippen molar-refractivity contribution < 1.29 is 4.79 Å². The van der Waals surface area contributed by atoms with Gasteiger partial charge in [0.15, 0.2) is 5.78 Å². The zero-order valence-electron chi connectivity index (χ0n) is 11.7. The summed E-state index contributed by atoms with van der Waals surface area (Å²) in [6.07, 6.45) is 8.58. The van der Waals surface area contributed by atoms with E-state index in [1.54, 1.807) is 34.9 Å². The fraction of sp³-hybridized carbons (Fsp3) is 0.357. The summed E-state index contributed by atoms with van der Waals surface area (Å²) in [4.78, 5) is 12.0. The molecule has 0 radical (unpaired) electrons. The number of carbonyl (C=O) groups excluding carboxylic acids is 1. The molecule has 5 nitrogen and oxygen atoms in total. The van der Waals surface area contributed by atoms with Crippen LogP contribution in [0.15, 0.2) is 24.7 Å². The first-order valence-electron chi connectivity index (χ1n) is 6.22. The molecule has 0 aliphatic carbocycles. The Bertz CT molecular complexity index is 619. The Labute approximate surface area is 112 Å². The number of aromatic nitrogens is 4. The average molecular weight is 258 g/mol. The molecule has 100 valence electrons. The monoisotopic (exact) mass is 258 g/mol. The lowest BCUT2D eigenvalue weighted by atomic mass is 10.1. The molecule has 2 aromatic heterocycles. The van der Waals surface area contributed by atoms with Crippen molar-refractivity contribution in [1.29, 1.82) is 0 Å². The van der Waals surface area contributed by atoms with Gasteiger partial charge >= 0.3 is 0 Å². The molecular formula is C14H18N4O. The fourth-order valence-electron chi connectivity index (χ4n) is 1.91. The largest absolute Gasteiger partial charge is 0.289 e. The molecule has 2 rings (SSSR count). The molecule has 0 aliphatic heterocycles. The number of hydrogen-bond donors (Lipinski definition) is 0. The van der Waals surface area contributed by atoms with Crippen LogP contribution in [0.3, 0.4) is 0 Å². The van der Waals surface area contributed by atoms with Crippen molar-refractivity contribution in [2.24, 2.45) is 14.1 Å². The molecule has 19 heavy (non-hydrogen) atoms. The van der Waals surface area contributed by atoms with Gasteiger partial charge in [0.25, 0.3) is 0 Å². The maximum absolute atomic E-state index is 12.0. The van der Waals surface area contributed by atoms with E-state index in [9.17, 15) is 4.79 Å². The molecule has 0 amide bonds. The van der Waals surface area contributed by atoms with Crippen molar-refractivity contribution >= 4 is 11.9 Å². The summed E-state index contributed by atoms with van der Waals surface area (Å²) in [5.41, 5.74) is 2.57. The highest BCUT2D eigenvalue weighted by atomic mass is 16.1. The van der Waals surface area contributed by atoms with E-state index in [2.05, 4.69) is 24.0 Å². The van der Waals surface area contributed by atoms with E-state index < -0.39 is 0 Å². The van der Waals surface area contributed by atoms with Gasteiger partial charge in [-0.2, -0.15) is 10.2 Å². The lowest BCUT2D eigenvalue weighted by Gasteiger charge is -2.00. The Morgan fingerprint density at radius 1 is 1.26 bits per heavy atom. The number of ketones is 1. The van der Waals surface area contributed by atoms with Gasteiger partial charge in [-0.3, -0.25) is 14.2 Å². The van der Waals surface area contributed by atoms with E-state index >= 15 is 0 Å². The molecule has 0 unspecified atom stereocenters. The Balaban J connectivity index is 2.21. The zero-order valence-corrected chi connectivity index (χ0v) is 11.7. The normalized spacial score (nSPS) is 11.6. The third-order valence-corrected chi connectivity index (χ3v) is 2.84. The summed E-state index contributed by atoms with van der Waals surface area (Å²) in [5, 5.41) is 8.39. The van der Waals surface area contributed by atoms with E-state index in [0.29, 0.717) is 11.5 Å². The maximum Gasteiger partial charge on any atom is 0.189 e. The molecule has 0 saturated heterocycles. The molecule has 0 spiro atoms. The van der Waals surface area contributed by atoms with Crippen molar-refractivity contribution in [1.82, 2.24) is 19.6 Å². The minimum Gasteiger partial charge on any atom is -0.289 e. The Kier molecular flexibility index (Phi) is 3.64. The van der Waals surface area contributed by atoms with Gasteiger partial charge in [-0.05, 0) is 18.1 Å². The van der Waals surface area contributed by atoms with Crippen molar-refractivity contribution in [2.45, 2.75) is 19.8 Å². The van der Waals surface area contributed by atoms with Crippen molar-refractivity contribution in [3.8, 4) is 0 Å². The van der Waals surface area contributed by atoms with Gasteiger partial charge in [0.05, 0.1) is 17.5 Å². The molecule has 5 heteroatoms. The van der Waals surface area contributed by atoms with Gasteiger partial charge in [0.1, 0.15) is 0 Å². The lowest BCUT2D eigenvalue weighted by Crippen LogP contribution is -1.94. The van der Waals surface area contributed by atoms with E-state index in [4.69, 9.17) is 0 Å². The first kappa shape index (κ1) is 13.3. The third-order valence-electron chi connectivity index (χ3n) is 2.84. The first-order valence-corrected chi connectivity index (χ1v) is 6.22. The molecule has 0 bridgehead atoms. The molecule has 2 aromatic rings. The highest BCUT2D eigenvalue weighted by Crippen LogP contribution is 2.18. The summed E-state index contributed by atoms with van der Waals surface area (Å²) < 4.78 is 3.38. The summed E-state index contributed by atoms with van der Waals surface area (Å²) >= 11 is 0. The van der Waals surface area contributed by atoms with Crippen LogP contribution >= 0.6 is 0 Å². The van der Waals surface area contributed by atoms with Crippen LogP contribution in [0.25, 0.3) is 6.08 Å². The van der Waals surface area contributed by atoms with Crippen LogP contribution in [0.5, 0.6) is 0 Å². The lowest BCUT2D eigenvalue weighted by molar-refractivity contribution is 0.104. The smallest absolute Gasteiger partial charge is 0.189 e. The molecule has 0 fully saturated rings. The average Bonchev–Trinajstić information content (AvgIpc) is 2.92. The molecule has 0 aliphatic rings. The molecule has 0 atom stereocenters. The maximum atomic E-state index is 12.0. The number of nitrogens with zero attached hydrogens (tertiary/aromatic N) is 4. The minimum atomic E-state index is -0.0494. The first-order chi connectivity index (χ1) is 8.97. The number of allylic oxidation sites excluding steroid dienone is 1. The quantitative estimate of drug-likeness (QED) is 0.624. The molecule has 0 saturated carbocycles. The number of aryl methyl sites for hydroxylation is 2. The van der Waals surface area contributed by atoms with Crippen LogP contribution in [-0.2, 0) is 14.1 Å². The van der Waals surface area contributed by atoms with Crippen LogP contribution in [0.2, 0.25) is 0 Å². The summed E-state index contributed by atoms with van der Waals surface area (Å²) in [7, 11) is 3.67. The van der Waals surface area contributed by atoms with E-state index in [1.807, 2.05) is 19.3 Å². The highest BCUT2D eigenvalue weighted by molar-refractivity contribution is 6.06. The second-order valence-electron chi connectivity index (χ2n) is 4.90. The van der Waals surface area contributed by atoms with Gasteiger partial charge in [-0.1, -0.05) is 13.8 Å². The summed E-state index contributed by atoms with van der Waals surface area (Å²) in [6.45, 7) is 4.17. The van der Waals surface area contributed by atoms with Gasteiger partial charge in [0.2, 0.25) is 0 Å². The molecule has 0 aromatic carbocycles. The summed E-state index contributed by atoms with van der Waals surface area (Å²) in [6, 6.07) is 0. The SMILES string of the molecule is CC(C)c1nn(C)cc1/C=C\C(=O)c1cnn(C)c1. The fourth-order valence-corrected chi connectivity index (χ4v) is 1.91. The Hall–Kier alpha value is -2.17. The van der Waals surface area contributed by atoms with Crippen molar-refractivity contribution in [2.75, 3.05) is 0 Å². The summed E-state index contributed by atoms with van der Waals surface area (Å²) in [5.74, 6) is 0.279. The van der Waals surface area contributed by atoms with Crippen LogP contribution in [-0.4, -0.2) is 25.3 Å². The molecular weight excluding hydrogens is 240 g/mol. The van der Waals surface area contributed by atoms with Gasteiger partial charge in [0, 0.05) is 32.1 Å². The Morgan fingerprint density at radius 3 is 2.58 bits per heavy atom. The van der Waals surface area contributed by atoms with Gasteiger partial charge < -0.3 is 0 Å². The van der Waals surface area contributed by atoms with Crippen LogP contribution in [0.1, 0.15) is 41.4 Å². The predicted molar refractivity (Wildman–Crippen MR) is 73.9 cm³/mol. The number of hydrogen-bond acceptors (Lipinski definition) is 3. The second-order valence-corrected chi connectivity index (χ2v) is 4.90. The number of carbonyl (C=O) groups is 1. The van der Waals surface area contributed by atoms with Gasteiger partial charge in [-0.25, -0.2) is 0 Å². The van der Waals surface area contributed by atoms with Gasteiger partial charge in [-0.15, -0.1) is 0 Å². The van der Waals surface area contributed by atoms with E-state index in [1.165, 1.54) is 0 Å². The molecule has 2 heterocycles.